The summed E-state index contributed by atoms with van der Waals surface area (Å²) in [6.45, 7) is 2.18. The lowest BCUT2D eigenvalue weighted by Gasteiger charge is -2.12. The van der Waals surface area contributed by atoms with Crippen LogP contribution in [0.2, 0.25) is 0 Å². The highest BCUT2D eigenvalue weighted by atomic mass is 79.9. The van der Waals surface area contributed by atoms with Crippen molar-refractivity contribution in [2.45, 2.75) is 19.5 Å². The van der Waals surface area contributed by atoms with Gasteiger partial charge < -0.3 is 15.6 Å². The first-order valence-electron chi connectivity index (χ1n) is 5.57. The van der Waals surface area contributed by atoms with Gasteiger partial charge in [-0.05, 0) is 47.4 Å². The number of nitrogens with two attached hydrogens (primary N) is 1. The Labute approximate surface area is 127 Å². The zero-order valence-electron chi connectivity index (χ0n) is 11.2. The summed E-state index contributed by atoms with van der Waals surface area (Å²) in [6, 6.07) is 1.48. The number of carboxylic acids is 1. The maximum absolute atomic E-state index is 13.4. The lowest BCUT2D eigenvalue weighted by atomic mass is 10.1. The van der Waals surface area contributed by atoms with E-state index in [1.54, 1.807) is 14.0 Å². The fourth-order valence-corrected chi connectivity index (χ4v) is 1.91. The van der Waals surface area contributed by atoms with E-state index in [4.69, 9.17) is 20.4 Å². The molecule has 0 saturated carbocycles. The number of methoxy groups -OCH3 is 1. The molecule has 0 heterocycles. The van der Waals surface area contributed by atoms with Crippen molar-refractivity contribution in [2.24, 2.45) is 5.73 Å². The van der Waals surface area contributed by atoms with Crippen LogP contribution in [0.5, 0.6) is 5.75 Å². The first-order chi connectivity index (χ1) is 9.56. The number of hydrogen-bond acceptors (Lipinski definition) is 3. The molecule has 0 aliphatic heterocycles. The zero-order valence-corrected chi connectivity index (χ0v) is 12.8. The molecule has 3 N–H and O–H groups in total. The van der Waals surface area contributed by atoms with Gasteiger partial charge in [-0.2, -0.15) is 13.2 Å². The second-order valence-electron chi connectivity index (χ2n) is 3.83. The average molecular weight is 376 g/mol. The Morgan fingerprint density at radius 2 is 1.95 bits per heavy atom. The molecule has 0 atom stereocenters. The molecule has 0 radical (unpaired) electrons. The molecule has 4 nitrogen and oxygen atoms in total. The number of halogens is 5. The van der Waals surface area contributed by atoms with Crippen LogP contribution in [0, 0.1) is 12.7 Å². The molecule has 21 heavy (non-hydrogen) atoms. The second kappa shape index (κ2) is 8.18. The van der Waals surface area contributed by atoms with Gasteiger partial charge in [0.15, 0.2) is 0 Å². The molecular formula is C12H14BrF4NO3. The normalized spacial score (nSPS) is 10.7. The fraction of sp³-hybridized carbons (Fsp3) is 0.417. The van der Waals surface area contributed by atoms with Crippen LogP contribution in [-0.4, -0.2) is 30.9 Å². The minimum absolute atomic E-state index is 0.235. The molecule has 0 unspecified atom stereocenters. The average Bonchev–Trinajstić information content (AvgIpc) is 2.36. The smallest absolute Gasteiger partial charge is 0.490 e. The van der Waals surface area contributed by atoms with Crippen molar-refractivity contribution in [3.05, 3.63) is 27.5 Å². The zero-order chi connectivity index (χ0) is 16.8. The van der Waals surface area contributed by atoms with Gasteiger partial charge in [-0.15, -0.1) is 0 Å². The minimum Gasteiger partial charge on any atom is -0.495 e. The standard InChI is InChI=1S/C10H13BrFNO.C2HF3O2/c1-6-8(12)5-7(3-4-13)10(14-2)9(6)11;3-2(4,5)1(6)7/h5H,3-4,13H2,1-2H3;(H,6,7). The van der Waals surface area contributed by atoms with E-state index >= 15 is 0 Å². The van der Waals surface area contributed by atoms with Crippen LogP contribution in [0.4, 0.5) is 17.6 Å². The number of alkyl halides is 3. The van der Waals surface area contributed by atoms with Crippen molar-refractivity contribution >= 4 is 21.9 Å². The van der Waals surface area contributed by atoms with Crippen LogP contribution >= 0.6 is 15.9 Å². The third kappa shape index (κ3) is 5.88. The number of carbonyl (C=O) groups is 1. The number of hydrogen-bond donors (Lipinski definition) is 2. The first-order valence-corrected chi connectivity index (χ1v) is 6.37. The van der Waals surface area contributed by atoms with Crippen molar-refractivity contribution in [2.75, 3.05) is 13.7 Å². The Bertz CT molecular complexity index is 506. The van der Waals surface area contributed by atoms with Gasteiger partial charge in [0.2, 0.25) is 0 Å². The monoisotopic (exact) mass is 375 g/mol. The Morgan fingerprint density at radius 1 is 1.48 bits per heavy atom. The second-order valence-corrected chi connectivity index (χ2v) is 4.62. The highest BCUT2D eigenvalue weighted by Crippen LogP contribution is 2.33. The molecule has 0 saturated heterocycles. The Kier molecular flexibility index (Phi) is 7.65. The summed E-state index contributed by atoms with van der Waals surface area (Å²) >= 11 is 3.31. The van der Waals surface area contributed by atoms with Crippen molar-refractivity contribution in [3.63, 3.8) is 0 Å². The Hall–Kier alpha value is -1.35. The molecule has 0 fully saturated rings. The highest BCUT2D eigenvalue weighted by molar-refractivity contribution is 9.10. The van der Waals surface area contributed by atoms with E-state index in [1.165, 1.54) is 6.07 Å². The topological polar surface area (TPSA) is 72.5 Å². The van der Waals surface area contributed by atoms with E-state index in [9.17, 15) is 17.6 Å². The van der Waals surface area contributed by atoms with Gasteiger partial charge in [-0.1, -0.05) is 0 Å². The molecule has 1 aromatic carbocycles. The predicted molar refractivity (Wildman–Crippen MR) is 71.8 cm³/mol. The van der Waals surface area contributed by atoms with Crippen molar-refractivity contribution in [3.8, 4) is 5.75 Å². The highest BCUT2D eigenvalue weighted by Gasteiger charge is 2.38. The summed E-state index contributed by atoms with van der Waals surface area (Å²) in [6.07, 6.45) is -4.47. The number of aliphatic carboxylic acids is 1. The van der Waals surface area contributed by atoms with Gasteiger partial charge in [0, 0.05) is 5.56 Å². The fourth-order valence-electron chi connectivity index (χ4n) is 1.30. The summed E-state index contributed by atoms with van der Waals surface area (Å²) in [5.41, 5.74) is 6.78. The molecule has 0 aliphatic rings. The molecule has 1 rings (SSSR count). The first kappa shape index (κ1) is 19.7. The predicted octanol–water partition coefficient (Wildman–Crippen LogP) is 3.04. The molecule has 0 amide bonds. The summed E-state index contributed by atoms with van der Waals surface area (Å²) in [7, 11) is 1.57. The van der Waals surface area contributed by atoms with Crippen LogP contribution < -0.4 is 10.5 Å². The number of rotatable bonds is 3. The molecule has 0 bridgehead atoms. The van der Waals surface area contributed by atoms with E-state index < -0.39 is 12.1 Å². The van der Waals surface area contributed by atoms with Gasteiger partial charge in [-0.3, -0.25) is 0 Å². The maximum Gasteiger partial charge on any atom is 0.490 e. The van der Waals surface area contributed by atoms with Crippen LogP contribution in [0.3, 0.4) is 0 Å². The third-order valence-electron chi connectivity index (χ3n) is 2.34. The number of benzene rings is 1. The van der Waals surface area contributed by atoms with Crippen molar-refractivity contribution < 1.29 is 32.2 Å². The molecule has 0 aliphatic carbocycles. The van der Waals surface area contributed by atoms with E-state index in [0.717, 1.165) is 5.56 Å². The molecular weight excluding hydrogens is 362 g/mol. The van der Waals surface area contributed by atoms with Gasteiger partial charge in [-0.25, -0.2) is 9.18 Å². The van der Waals surface area contributed by atoms with Gasteiger partial charge in [0.25, 0.3) is 0 Å². The number of ether oxygens (including phenoxy) is 1. The van der Waals surface area contributed by atoms with Crippen LogP contribution in [0.15, 0.2) is 10.5 Å². The molecule has 1 aromatic rings. The van der Waals surface area contributed by atoms with E-state index in [0.29, 0.717) is 28.8 Å². The summed E-state index contributed by atoms with van der Waals surface area (Å²) in [5, 5.41) is 7.12. The van der Waals surface area contributed by atoms with Gasteiger partial charge in [0.05, 0.1) is 11.6 Å². The van der Waals surface area contributed by atoms with Crippen LogP contribution in [0.25, 0.3) is 0 Å². The number of carboxylic acid groups (broad SMARTS) is 1. The SMILES string of the molecule is COc1c(CCN)cc(F)c(C)c1Br.O=C(O)C(F)(F)F. The molecule has 0 aromatic heterocycles. The summed E-state index contributed by atoms with van der Waals surface area (Å²) in [5.74, 6) is -2.32. The maximum atomic E-state index is 13.4. The lowest BCUT2D eigenvalue weighted by Crippen LogP contribution is -2.21. The van der Waals surface area contributed by atoms with E-state index in [1.807, 2.05) is 0 Å². The summed E-state index contributed by atoms with van der Waals surface area (Å²) < 4.78 is 51.0. The lowest BCUT2D eigenvalue weighted by molar-refractivity contribution is -0.192. The van der Waals surface area contributed by atoms with Crippen LogP contribution in [0.1, 0.15) is 11.1 Å². The van der Waals surface area contributed by atoms with Crippen molar-refractivity contribution in [1.29, 1.82) is 0 Å². The summed E-state index contributed by atoms with van der Waals surface area (Å²) in [4.78, 5) is 8.90. The quantitative estimate of drug-likeness (QED) is 0.796. The van der Waals surface area contributed by atoms with Gasteiger partial charge >= 0.3 is 12.1 Å². The molecule has 0 spiro atoms. The minimum atomic E-state index is -5.08. The van der Waals surface area contributed by atoms with E-state index in [2.05, 4.69) is 15.9 Å². The Balaban J connectivity index is 0.000000486. The molecule has 9 heteroatoms. The Morgan fingerprint density at radius 3 is 2.29 bits per heavy atom. The third-order valence-corrected chi connectivity index (χ3v) is 3.29. The van der Waals surface area contributed by atoms with E-state index in [-0.39, 0.29) is 5.82 Å². The largest absolute Gasteiger partial charge is 0.495 e. The van der Waals surface area contributed by atoms with Gasteiger partial charge in [0.1, 0.15) is 11.6 Å². The molecule has 120 valence electrons. The van der Waals surface area contributed by atoms with Crippen molar-refractivity contribution in [1.82, 2.24) is 0 Å². The van der Waals surface area contributed by atoms with Crippen LogP contribution in [-0.2, 0) is 11.2 Å².